The van der Waals surface area contributed by atoms with E-state index in [4.69, 9.17) is 9.15 Å². The second-order valence-corrected chi connectivity index (χ2v) is 6.21. The van der Waals surface area contributed by atoms with Crippen molar-refractivity contribution in [2.24, 2.45) is 0 Å². The highest BCUT2D eigenvalue weighted by molar-refractivity contribution is 9.10. The third-order valence-electron chi connectivity index (χ3n) is 3.76. The van der Waals surface area contributed by atoms with Gasteiger partial charge in [-0.1, -0.05) is 17.2 Å². The van der Waals surface area contributed by atoms with Crippen LogP contribution in [0, 0.1) is 0 Å². The van der Waals surface area contributed by atoms with Gasteiger partial charge in [0.15, 0.2) is 0 Å². The number of H-pyrrole nitrogens is 1. The Morgan fingerprint density at radius 2 is 2.16 bits per heavy atom. The Morgan fingerprint density at radius 1 is 1.24 bits per heavy atom. The first-order valence-corrected chi connectivity index (χ1v) is 8.36. The quantitative estimate of drug-likeness (QED) is 0.526. The molecule has 0 saturated heterocycles. The van der Waals surface area contributed by atoms with Crippen LogP contribution in [0.2, 0.25) is 0 Å². The van der Waals surface area contributed by atoms with Crippen LogP contribution in [0.4, 0.5) is 11.7 Å². The van der Waals surface area contributed by atoms with Crippen molar-refractivity contribution in [3.05, 3.63) is 58.5 Å². The minimum atomic E-state index is 0.335. The van der Waals surface area contributed by atoms with Gasteiger partial charge in [-0.25, -0.2) is 0 Å². The lowest BCUT2D eigenvalue weighted by Gasteiger charge is -2.05. The predicted molar refractivity (Wildman–Crippen MR) is 97.2 cm³/mol. The molecule has 25 heavy (non-hydrogen) atoms. The third kappa shape index (κ3) is 3.20. The maximum Gasteiger partial charge on any atom is 0.320 e. The Morgan fingerprint density at radius 3 is 3.04 bits per heavy atom. The van der Waals surface area contributed by atoms with E-state index in [1.54, 1.807) is 13.3 Å². The Labute approximate surface area is 151 Å². The van der Waals surface area contributed by atoms with Gasteiger partial charge >= 0.3 is 6.01 Å². The van der Waals surface area contributed by atoms with Crippen LogP contribution in [0.1, 0.15) is 11.5 Å². The summed E-state index contributed by atoms with van der Waals surface area (Å²) in [6, 6.07) is 11.9. The second-order valence-electron chi connectivity index (χ2n) is 5.41. The van der Waals surface area contributed by atoms with Gasteiger partial charge in [0.25, 0.3) is 0 Å². The lowest BCUT2D eigenvalue weighted by atomic mass is 10.1. The Kier molecular flexibility index (Phi) is 4.10. The molecule has 7 nitrogen and oxygen atoms in total. The highest BCUT2D eigenvalue weighted by atomic mass is 79.9. The van der Waals surface area contributed by atoms with Gasteiger partial charge in [-0.2, -0.15) is 5.10 Å². The second kappa shape index (κ2) is 6.56. The smallest absolute Gasteiger partial charge is 0.320 e. The zero-order chi connectivity index (χ0) is 17.2. The number of nitrogens with zero attached hydrogens (tertiary/aromatic N) is 3. The van der Waals surface area contributed by atoms with Crippen molar-refractivity contribution in [3.8, 4) is 5.75 Å². The normalized spacial score (nSPS) is 11.0. The van der Waals surface area contributed by atoms with Crippen molar-refractivity contribution in [2.75, 3.05) is 12.4 Å². The standard InChI is InChI=1S/C17H14BrN5O2/c1-24-11-4-2-3-10(7-11)8-15-22-23-17(25-15)20-14-6-5-13-12(16(14)18)9-19-21-13/h2-7,9H,8H2,1H3,(H,19,21)(H,20,23). The highest BCUT2D eigenvalue weighted by Gasteiger charge is 2.11. The molecule has 2 aromatic heterocycles. The fraction of sp³-hybridized carbons (Fsp3) is 0.118. The summed E-state index contributed by atoms with van der Waals surface area (Å²) in [5.41, 5.74) is 2.81. The first-order valence-electron chi connectivity index (χ1n) is 7.57. The van der Waals surface area contributed by atoms with Crippen LogP contribution in [0.25, 0.3) is 10.9 Å². The van der Waals surface area contributed by atoms with Crippen LogP contribution in [0.5, 0.6) is 5.75 Å². The topological polar surface area (TPSA) is 88.9 Å². The molecule has 126 valence electrons. The van der Waals surface area contributed by atoms with Gasteiger partial charge in [-0.05, 0) is 45.8 Å². The number of nitrogens with one attached hydrogen (secondary N) is 2. The van der Waals surface area contributed by atoms with Crippen LogP contribution >= 0.6 is 15.9 Å². The van der Waals surface area contributed by atoms with E-state index in [9.17, 15) is 0 Å². The number of benzene rings is 2. The molecule has 0 atom stereocenters. The zero-order valence-electron chi connectivity index (χ0n) is 13.3. The summed E-state index contributed by atoms with van der Waals surface area (Å²) < 4.78 is 11.8. The van der Waals surface area contributed by atoms with Gasteiger partial charge in [0, 0.05) is 5.39 Å². The first-order chi connectivity index (χ1) is 12.2. The fourth-order valence-electron chi connectivity index (χ4n) is 2.53. The number of hydrogen-bond acceptors (Lipinski definition) is 6. The molecule has 0 aliphatic rings. The summed E-state index contributed by atoms with van der Waals surface area (Å²) in [6.07, 6.45) is 2.29. The largest absolute Gasteiger partial charge is 0.497 e. The van der Waals surface area contributed by atoms with E-state index in [1.807, 2.05) is 36.4 Å². The van der Waals surface area contributed by atoms with Crippen LogP contribution in [-0.4, -0.2) is 27.5 Å². The van der Waals surface area contributed by atoms with Crippen molar-refractivity contribution >= 4 is 38.5 Å². The number of methoxy groups -OCH3 is 1. The first kappa shape index (κ1) is 15.6. The lowest BCUT2D eigenvalue weighted by molar-refractivity contribution is 0.414. The molecule has 8 heteroatoms. The van der Waals surface area contributed by atoms with Crippen LogP contribution in [0.15, 0.2) is 51.5 Å². The van der Waals surface area contributed by atoms with E-state index in [-0.39, 0.29) is 0 Å². The number of ether oxygens (including phenoxy) is 1. The van der Waals surface area contributed by atoms with Gasteiger partial charge in [0.05, 0.1) is 35.4 Å². The summed E-state index contributed by atoms with van der Waals surface area (Å²) >= 11 is 3.57. The Balaban J connectivity index is 1.53. The summed E-state index contributed by atoms with van der Waals surface area (Å²) in [7, 11) is 1.64. The summed E-state index contributed by atoms with van der Waals surface area (Å²) in [5.74, 6) is 1.32. The van der Waals surface area contributed by atoms with E-state index in [1.165, 1.54) is 0 Å². The van der Waals surface area contributed by atoms with Crippen molar-refractivity contribution in [1.29, 1.82) is 0 Å². The molecule has 0 saturated carbocycles. The lowest BCUT2D eigenvalue weighted by Crippen LogP contribution is -1.91. The Bertz CT molecular complexity index is 1030. The predicted octanol–water partition coefficient (Wildman–Crippen LogP) is 4.05. The molecule has 2 aromatic carbocycles. The molecule has 0 bridgehead atoms. The number of aromatic amines is 1. The highest BCUT2D eigenvalue weighted by Crippen LogP contribution is 2.32. The van der Waals surface area contributed by atoms with Crippen molar-refractivity contribution in [3.63, 3.8) is 0 Å². The zero-order valence-corrected chi connectivity index (χ0v) is 14.9. The van der Waals surface area contributed by atoms with Gasteiger partial charge in [0.1, 0.15) is 5.75 Å². The molecule has 4 aromatic rings. The van der Waals surface area contributed by atoms with Gasteiger partial charge in [-0.3, -0.25) is 5.10 Å². The van der Waals surface area contributed by atoms with Crippen molar-refractivity contribution in [2.45, 2.75) is 6.42 Å². The molecule has 0 fully saturated rings. The molecule has 0 spiro atoms. The average Bonchev–Trinajstić information content (AvgIpc) is 3.27. The van der Waals surface area contributed by atoms with E-state index >= 15 is 0 Å². The maximum absolute atomic E-state index is 5.70. The van der Waals surface area contributed by atoms with Crippen LogP contribution in [0.3, 0.4) is 0 Å². The fourth-order valence-corrected chi connectivity index (χ4v) is 3.07. The molecule has 0 radical (unpaired) electrons. The molecule has 2 N–H and O–H groups in total. The minimum absolute atomic E-state index is 0.335. The summed E-state index contributed by atoms with van der Waals surface area (Å²) in [6.45, 7) is 0. The van der Waals surface area contributed by atoms with Crippen LogP contribution < -0.4 is 10.1 Å². The van der Waals surface area contributed by atoms with E-state index in [0.29, 0.717) is 18.3 Å². The van der Waals surface area contributed by atoms with E-state index in [2.05, 4.69) is 41.6 Å². The molecule has 0 unspecified atom stereocenters. The molecule has 0 aliphatic carbocycles. The average molecular weight is 400 g/mol. The number of rotatable bonds is 5. The van der Waals surface area contributed by atoms with Gasteiger partial charge in [-0.15, -0.1) is 5.10 Å². The SMILES string of the molecule is COc1cccc(Cc2nnc(Nc3ccc4[nH]ncc4c3Br)o2)c1. The third-order valence-corrected chi connectivity index (χ3v) is 4.61. The number of anilines is 2. The molecule has 2 heterocycles. The summed E-state index contributed by atoms with van der Waals surface area (Å²) in [4.78, 5) is 0. The molecule has 4 rings (SSSR count). The number of halogens is 1. The number of aromatic nitrogens is 4. The van der Waals surface area contributed by atoms with E-state index < -0.39 is 0 Å². The number of fused-ring (bicyclic) bond motifs is 1. The molecule has 0 aliphatic heterocycles. The molecular weight excluding hydrogens is 386 g/mol. The minimum Gasteiger partial charge on any atom is -0.497 e. The Hall–Kier alpha value is -2.87. The monoisotopic (exact) mass is 399 g/mol. The van der Waals surface area contributed by atoms with Crippen molar-refractivity contribution < 1.29 is 9.15 Å². The summed E-state index contributed by atoms with van der Waals surface area (Å²) in [5, 5.41) is 19.2. The molecule has 0 amide bonds. The maximum atomic E-state index is 5.70. The van der Waals surface area contributed by atoms with Crippen molar-refractivity contribution in [1.82, 2.24) is 20.4 Å². The van der Waals surface area contributed by atoms with Crippen LogP contribution in [-0.2, 0) is 6.42 Å². The van der Waals surface area contributed by atoms with Gasteiger partial charge in [0.2, 0.25) is 5.89 Å². The van der Waals surface area contributed by atoms with Gasteiger partial charge < -0.3 is 14.5 Å². The van der Waals surface area contributed by atoms with E-state index in [0.717, 1.165) is 32.4 Å². The molecular formula is C17H14BrN5O2. The number of hydrogen-bond donors (Lipinski definition) is 2.